The molecule has 2 rings (SSSR count). The van der Waals surface area contributed by atoms with Gasteiger partial charge in [-0.15, -0.1) is 0 Å². The molecule has 0 aliphatic rings. The van der Waals surface area contributed by atoms with Crippen LogP contribution in [0.5, 0.6) is 0 Å². The van der Waals surface area contributed by atoms with Crippen LogP contribution in [0.15, 0.2) is 36.4 Å². The first kappa shape index (κ1) is 13.9. The first-order valence-corrected chi connectivity index (χ1v) is 6.26. The van der Waals surface area contributed by atoms with Gasteiger partial charge in [0.15, 0.2) is 11.6 Å². The van der Waals surface area contributed by atoms with Gasteiger partial charge in [0, 0.05) is 20.9 Å². The molecular formula is C13H7F3INO. The predicted molar refractivity (Wildman–Crippen MR) is 73.4 cm³/mol. The second kappa shape index (κ2) is 5.60. The van der Waals surface area contributed by atoms with Crippen LogP contribution in [0.1, 0.15) is 10.4 Å². The Balaban J connectivity index is 2.20. The van der Waals surface area contributed by atoms with E-state index in [2.05, 4.69) is 5.32 Å². The van der Waals surface area contributed by atoms with Gasteiger partial charge in [-0.1, -0.05) is 0 Å². The summed E-state index contributed by atoms with van der Waals surface area (Å²) in [6, 6.07) is 6.88. The molecule has 0 radical (unpaired) electrons. The maximum absolute atomic E-state index is 13.1. The van der Waals surface area contributed by atoms with Crippen molar-refractivity contribution in [3.63, 3.8) is 0 Å². The Kier molecular flexibility index (Phi) is 4.08. The molecule has 6 heteroatoms. The van der Waals surface area contributed by atoms with Gasteiger partial charge < -0.3 is 5.32 Å². The summed E-state index contributed by atoms with van der Waals surface area (Å²) < 4.78 is 39.1. The third kappa shape index (κ3) is 3.25. The van der Waals surface area contributed by atoms with Gasteiger partial charge >= 0.3 is 0 Å². The fourth-order valence-corrected chi connectivity index (χ4v) is 1.93. The molecule has 0 bridgehead atoms. The van der Waals surface area contributed by atoms with Crippen LogP contribution in [-0.4, -0.2) is 5.91 Å². The second-order valence-electron chi connectivity index (χ2n) is 3.71. The average Bonchev–Trinajstić information content (AvgIpc) is 2.37. The summed E-state index contributed by atoms with van der Waals surface area (Å²) in [4.78, 5) is 11.8. The number of hydrogen-bond donors (Lipinski definition) is 1. The van der Waals surface area contributed by atoms with Crippen molar-refractivity contribution < 1.29 is 18.0 Å². The van der Waals surface area contributed by atoms with Crippen molar-refractivity contribution in [3.8, 4) is 0 Å². The summed E-state index contributed by atoms with van der Waals surface area (Å²) in [5, 5.41) is 2.40. The van der Waals surface area contributed by atoms with E-state index in [1.807, 2.05) is 0 Å². The third-order valence-corrected chi connectivity index (χ3v) is 3.19. The minimum atomic E-state index is -1.05. The summed E-state index contributed by atoms with van der Waals surface area (Å²) >= 11 is 1.76. The van der Waals surface area contributed by atoms with Crippen molar-refractivity contribution in [3.05, 3.63) is 63.0 Å². The summed E-state index contributed by atoms with van der Waals surface area (Å²) in [6.07, 6.45) is 0. The molecule has 0 aliphatic carbocycles. The highest BCUT2D eigenvalue weighted by Gasteiger charge is 2.10. The Hall–Kier alpha value is -1.57. The number of carbonyl (C=O) groups is 1. The molecule has 0 aromatic heterocycles. The van der Waals surface area contributed by atoms with Crippen molar-refractivity contribution in [1.29, 1.82) is 0 Å². The summed E-state index contributed by atoms with van der Waals surface area (Å²) in [7, 11) is 0. The first-order chi connectivity index (χ1) is 8.97. The maximum Gasteiger partial charge on any atom is 0.255 e. The van der Waals surface area contributed by atoms with Gasteiger partial charge in [-0.05, 0) is 52.9 Å². The monoisotopic (exact) mass is 377 g/mol. The zero-order valence-electron chi connectivity index (χ0n) is 9.38. The molecule has 0 saturated carbocycles. The van der Waals surface area contributed by atoms with E-state index in [0.717, 1.165) is 12.1 Å². The summed E-state index contributed by atoms with van der Waals surface area (Å²) in [5.41, 5.74) is 0.360. The molecule has 2 nitrogen and oxygen atoms in total. The highest BCUT2D eigenvalue weighted by molar-refractivity contribution is 14.1. The van der Waals surface area contributed by atoms with Crippen LogP contribution in [0.4, 0.5) is 18.9 Å². The van der Waals surface area contributed by atoms with Gasteiger partial charge in [0.25, 0.3) is 5.91 Å². The summed E-state index contributed by atoms with van der Waals surface area (Å²) in [6.45, 7) is 0. The Morgan fingerprint density at radius 3 is 2.26 bits per heavy atom. The standard InChI is InChI=1S/C13H7F3INO/c14-9-4-2-8(6-11(9)16)18-13(19)7-1-3-10(15)12(17)5-7/h1-6H,(H,18,19). The topological polar surface area (TPSA) is 29.1 Å². The number of halogens is 4. The molecule has 0 spiro atoms. The van der Waals surface area contributed by atoms with Gasteiger partial charge in [0.2, 0.25) is 0 Å². The van der Waals surface area contributed by atoms with E-state index >= 15 is 0 Å². The van der Waals surface area contributed by atoms with Gasteiger partial charge in [-0.25, -0.2) is 13.2 Å². The van der Waals surface area contributed by atoms with Crippen molar-refractivity contribution in [2.24, 2.45) is 0 Å². The van der Waals surface area contributed by atoms with E-state index < -0.39 is 23.4 Å². The lowest BCUT2D eigenvalue weighted by atomic mass is 10.2. The fraction of sp³-hybridized carbons (Fsp3) is 0. The molecule has 0 atom stereocenters. The molecule has 0 saturated heterocycles. The van der Waals surface area contributed by atoms with Crippen molar-refractivity contribution >= 4 is 34.2 Å². The number of rotatable bonds is 2. The Bertz CT molecular complexity index is 646. The maximum atomic E-state index is 13.1. The first-order valence-electron chi connectivity index (χ1n) is 5.19. The van der Waals surface area contributed by atoms with E-state index in [1.165, 1.54) is 24.3 Å². The molecule has 0 fully saturated rings. The van der Waals surface area contributed by atoms with Crippen LogP contribution in [0, 0.1) is 21.0 Å². The van der Waals surface area contributed by atoms with Crippen LogP contribution in [0.3, 0.4) is 0 Å². The Morgan fingerprint density at radius 2 is 1.63 bits per heavy atom. The van der Waals surface area contributed by atoms with Crippen LogP contribution < -0.4 is 5.32 Å². The number of anilines is 1. The van der Waals surface area contributed by atoms with Crippen molar-refractivity contribution in [1.82, 2.24) is 0 Å². The molecule has 19 heavy (non-hydrogen) atoms. The molecule has 1 N–H and O–H groups in total. The van der Waals surface area contributed by atoms with Crippen molar-refractivity contribution in [2.45, 2.75) is 0 Å². The average molecular weight is 377 g/mol. The lowest BCUT2D eigenvalue weighted by Gasteiger charge is -2.06. The van der Waals surface area contributed by atoms with Crippen LogP contribution >= 0.6 is 22.6 Å². The molecule has 1 amide bonds. The fourth-order valence-electron chi connectivity index (χ4n) is 1.41. The van der Waals surface area contributed by atoms with Crippen LogP contribution in [0.25, 0.3) is 0 Å². The molecule has 98 valence electrons. The minimum Gasteiger partial charge on any atom is -0.322 e. The van der Waals surface area contributed by atoms with E-state index in [0.29, 0.717) is 3.57 Å². The van der Waals surface area contributed by atoms with Gasteiger partial charge in [0.05, 0.1) is 0 Å². The van der Waals surface area contributed by atoms with Gasteiger partial charge in [-0.2, -0.15) is 0 Å². The zero-order valence-corrected chi connectivity index (χ0v) is 11.5. The third-order valence-electron chi connectivity index (χ3n) is 2.36. The highest BCUT2D eigenvalue weighted by Crippen LogP contribution is 2.16. The summed E-state index contributed by atoms with van der Waals surface area (Å²) in [5.74, 6) is -2.99. The smallest absolute Gasteiger partial charge is 0.255 e. The largest absolute Gasteiger partial charge is 0.322 e. The van der Waals surface area contributed by atoms with Gasteiger partial charge in [0.1, 0.15) is 5.82 Å². The minimum absolute atomic E-state index is 0.128. The number of amides is 1. The van der Waals surface area contributed by atoms with E-state index in [1.54, 1.807) is 22.6 Å². The van der Waals surface area contributed by atoms with Crippen LogP contribution in [0.2, 0.25) is 0 Å². The molecule has 0 unspecified atom stereocenters. The molecule has 0 heterocycles. The quantitative estimate of drug-likeness (QED) is 0.789. The van der Waals surface area contributed by atoms with Crippen molar-refractivity contribution in [2.75, 3.05) is 5.32 Å². The number of carbonyl (C=O) groups excluding carboxylic acids is 1. The van der Waals surface area contributed by atoms with E-state index in [4.69, 9.17) is 0 Å². The Labute approximate surface area is 120 Å². The molecule has 2 aromatic rings. The highest BCUT2D eigenvalue weighted by atomic mass is 127. The lowest BCUT2D eigenvalue weighted by Crippen LogP contribution is -2.12. The Morgan fingerprint density at radius 1 is 0.947 bits per heavy atom. The van der Waals surface area contributed by atoms with Crippen LogP contribution in [-0.2, 0) is 0 Å². The lowest BCUT2D eigenvalue weighted by molar-refractivity contribution is 0.102. The zero-order chi connectivity index (χ0) is 14.0. The normalized spacial score (nSPS) is 10.3. The molecule has 0 aliphatic heterocycles. The molecular weight excluding hydrogens is 370 g/mol. The second-order valence-corrected chi connectivity index (χ2v) is 4.87. The number of hydrogen-bond acceptors (Lipinski definition) is 1. The van der Waals surface area contributed by atoms with E-state index in [-0.39, 0.29) is 11.3 Å². The molecule has 2 aromatic carbocycles. The number of benzene rings is 2. The predicted octanol–water partition coefficient (Wildman–Crippen LogP) is 3.96. The SMILES string of the molecule is O=C(Nc1ccc(F)c(F)c1)c1ccc(F)c(I)c1. The van der Waals surface area contributed by atoms with E-state index in [9.17, 15) is 18.0 Å². The number of nitrogens with one attached hydrogen (secondary N) is 1. The van der Waals surface area contributed by atoms with Gasteiger partial charge in [-0.3, -0.25) is 4.79 Å².